The van der Waals surface area contributed by atoms with Gasteiger partial charge in [0.15, 0.2) is 5.65 Å². The molecule has 98 valence electrons. The Morgan fingerprint density at radius 1 is 1.33 bits per heavy atom. The van der Waals surface area contributed by atoms with Gasteiger partial charge in [-0.2, -0.15) is 9.61 Å². The lowest BCUT2D eigenvalue weighted by Crippen LogP contribution is -2.28. The molecule has 2 aromatic heterocycles. The van der Waals surface area contributed by atoms with Crippen molar-refractivity contribution in [1.82, 2.24) is 19.3 Å². The van der Waals surface area contributed by atoms with Gasteiger partial charge in [-0.1, -0.05) is 0 Å². The van der Waals surface area contributed by atoms with Crippen molar-refractivity contribution in [2.45, 2.75) is 6.92 Å². The molecule has 0 aromatic carbocycles. The van der Waals surface area contributed by atoms with Crippen LogP contribution < -0.4 is 10.0 Å². The normalized spacial score (nSPS) is 11.9. The van der Waals surface area contributed by atoms with Crippen LogP contribution in [0, 0.1) is 6.92 Å². The summed E-state index contributed by atoms with van der Waals surface area (Å²) in [6.07, 6.45) is 2.62. The summed E-state index contributed by atoms with van der Waals surface area (Å²) in [7, 11) is -3.14. The van der Waals surface area contributed by atoms with Crippen molar-refractivity contribution in [2.24, 2.45) is 0 Å². The van der Waals surface area contributed by atoms with Crippen LogP contribution in [0.5, 0.6) is 0 Å². The van der Waals surface area contributed by atoms with Gasteiger partial charge in [-0.25, -0.2) is 18.1 Å². The molecule has 0 aliphatic rings. The van der Waals surface area contributed by atoms with Crippen molar-refractivity contribution >= 4 is 21.5 Å². The first-order chi connectivity index (χ1) is 8.46. The van der Waals surface area contributed by atoms with Crippen molar-refractivity contribution in [3.8, 4) is 0 Å². The largest absolute Gasteiger partial charge is 0.369 e. The average molecular weight is 269 g/mol. The van der Waals surface area contributed by atoms with Gasteiger partial charge in [0, 0.05) is 13.1 Å². The topological polar surface area (TPSA) is 88.4 Å². The van der Waals surface area contributed by atoms with Crippen molar-refractivity contribution in [3.63, 3.8) is 0 Å². The SMILES string of the molecule is Cc1cc(NCCNS(C)(=O)=O)n2ncnc2c1. The standard InChI is InChI=1S/C10H15N5O2S/c1-8-5-9(11-3-4-14-18(2,16)17)15-10(6-8)12-7-13-15/h5-7,11,14H,3-4H2,1-2H3. The zero-order valence-corrected chi connectivity index (χ0v) is 11.0. The Labute approximate surface area is 105 Å². The number of hydrogen-bond acceptors (Lipinski definition) is 5. The number of aromatic nitrogens is 3. The Hall–Kier alpha value is -1.67. The second-order valence-corrected chi connectivity index (χ2v) is 5.87. The number of hydrogen-bond donors (Lipinski definition) is 2. The van der Waals surface area contributed by atoms with Crippen LogP contribution >= 0.6 is 0 Å². The monoisotopic (exact) mass is 269 g/mol. The second kappa shape index (κ2) is 4.91. The van der Waals surface area contributed by atoms with Crippen LogP contribution in [0.2, 0.25) is 0 Å². The predicted octanol–water partition coefficient (Wildman–Crippen LogP) is -0.00118. The minimum Gasteiger partial charge on any atom is -0.369 e. The van der Waals surface area contributed by atoms with E-state index in [1.54, 1.807) is 4.52 Å². The number of fused-ring (bicyclic) bond motifs is 1. The van der Waals surface area contributed by atoms with E-state index in [-0.39, 0.29) is 0 Å². The smallest absolute Gasteiger partial charge is 0.208 e. The second-order valence-electron chi connectivity index (χ2n) is 4.04. The van der Waals surface area contributed by atoms with E-state index in [2.05, 4.69) is 20.1 Å². The Morgan fingerprint density at radius 3 is 2.83 bits per heavy atom. The maximum Gasteiger partial charge on any atom is 0.208 e. The summed E-state index contributed by atoms with van der Waals surface area (Å²) in [5, 5.41) is 7.21. The fourth-order valence-corrected chi connectivity index (χ4v) is 2.08. The van der Waals surface area contributed by atoms with Crippen molar-refractivity contribution in [1.29, 1.82) is 0 Å². The van der Waals surface area contributed by atoms with Crippen molar-refractivity contribution in [2.75, 3.05) is 24.7 Å². The molecule has 18 heavy (non-hydrogen) atoms. The van der Waals surface area contributed by atoms with Crippen molar-refractivity contribution in [3.05, 3.63) is 24.0 Å². The molecular formula is C10H15N5O2S. The summed E-state index contributed by atoms with van der Waals surface area (Å²) in [6.45, 7) is 2.77. The first-order valence-electron chi connectivity index (χ1n) is 5.44. The lowest BCUT2D eigenvalue weighted by atomic mass is 10.3. The zero-order valence-electron chi connectivity index (χ0n) is 10.2. The Kier molecular flexibility index (Phi) is 3.48. The van der Waals surface area contributed by atoms with Crippen molar-refractivity contribution < 1.29 is 8.42 Å². The molecule has 0 amide bonds. The van der Waals surface area contributed by atoms with Crippen LogP contribution in [0.4, 0.5) is 5.82 Å². The fourth-order valence-electron chi connectivity index (χ4n) is 1.61. The molecule has 8 heteroatoms. The lowest BCUT2D eigenvalue weighted by Gasteiger charge is -2.09. The quantitative estimate of drug-likeness (QED) is 0.746. The van der Waals surface area contributed by atoms with Crippen LogP contribution in [-0.4, -0.2) is 42.4 Å². The highest BCUT2D eigenvalue weighted by Gasteiger charge is 2.04. The number of nitrogens with one attached hydrogen (secondary N) is 2. The van der Waals surface area contributed by atoms with Gasteiger partial charge in [-0.05, 0) is 24.6 Å². The van der Waals surface area contributed by atoms with E-state index in [1.165, 1.54) is 6.33 Å². The maximum absolute atomic E-state index is 10.9. The molecular weight excluding hydrogens is 254 g/mol. The third-order valence-corrected chi connectivity index (χ3v) is 3.05. The molecule has 2 rings (SSSR count). The van der Waals surface area contributed by atoms with E-state index >= 15 is 0 Å². The molecule has 0 spiro atoms. The molecule has 2 N–H and O–H groups in total. The third-order valence-electron chi connectivity index (χ3n) is 2.32. The molecule has 0 saturated carbocycles. The molecule has 0 fully saturated rings. The summed E-state index contributed by atoms with van der Waals surface area (Å²) in [5.74, 6) is 0.790. The molecule has 0 aliphatic carbocycles. The van der Waals surface area contributed by atoms with E-state index in [4.69, 9.17) is 0 Å². The summed E-state index contributed by atoms with van der Waals surface area (Å²) >= 11 is 0. The molecule has 0 atom stereocenters. The molecule has 7 nitrogen and oxygen atoms in total. The Bertz CT molecular complexity index is 649. The van der Waals surface area contributed by atoms with Crippen LogP contribution in [0.1, 0.15) is 5.56 Å². The molecule has 2 aromatic rings. The highest BCUT2D eigenvalue weighted by Crippen LogP contribution is 2.12. The summed E-state index contributed by atoms with van der Waals surface area (Å²) in [5.41, 5.74) is 1.82. The van der Waals surface area contributed by atoms with E-state index in [9.17, 15) is 8.42 Å². The van der Waals surface area contributed by atoms with Crippen LogP contribution in [0.3, 0.4) is 0 Å². The molecule has 2 heterocycles. The molecule has 0 aliphatic heterocycles. The molecule has 0 bridgehead atoms. The minimum atomic E-state index is -3.14. The first kappa shape index (κ1) is 12.8. The van der Waals surface area contributed by atoms with Crippen LogP contribution in [0.25, 0.3) is 5.65 Å². The van der Waals surface area contributed by atoms with Gasteiger partial charge in [0.05, 0.1) is 6.26 Å². The molecule has 0 unspecified atom stereocenters. The van der Waals surface area contributed by atoms with E-state index in [0.29, 0.717) is 13.1 Å². The zero-order chi connectivity index (χ0) is 13.2. The van der Waals surface area contributed by atoms with Gasteiger partial charge in [0.25, 0.3) is 0 Å². The van der Waals surface area contributed by atoms with E-state index in [1.807, 2.05) is 19.1 Å². The predicted molar refractivity (Wildman–Crippen MR) is 69.1 cm³/mol. The molecule has 0 radical (unpaired) electrons. The first-order valence-corrected chi connectivity index (χ1v) is 7.34. The Morgan fingerprint density at radius 2 is 2.11 bits per heavy atom. The van der Waals surface area contributed by atoms with Crippen LogP contribution in [-0.2, 0) is 10.0 Å². The van der Waals surface area contributed by atoms with Gasteiger partial charge < -0.3 is 5.32 Å². The highest BCUT2D eigenvalue weighted by molar-refractivity contribution is 7.88. The number of pyridine rings is 1. The van der Waals surface area contributed by atoms with Gasteiger partial charge in [0.2, 0.25) is 10.0 Å². The number of rotatable bonds is 5. The number of nitrogens with zero attached hydrogens (tertiary/aromatic N) is 3. The number of aryl methyl sites for hydroxylation is 1. The Balaban J connectivity index is 2.05. The number of anilines is 1. The average Bonchev–Trinajstić information content (AvgIpc) is 2.70. The number of sulfonamides is 1. The summed E-state index contributed by atoms with van der Waals surface area (Å²) in [4.78, 5) is 4.11. The lowest BCUT2D eigenvalue weighted by molar-refractivity contribution is 0.589. The van der Waals surface area contributed by atoms with E-state index < -0.39 is 10.0 Å². The van der Waals surface area contributed by atoms with E-state index in [0.717, 1.165) is 23.3 Å². The summed E-state index contributed by atoms with van der Waals surface area (Å²) < 4.78 is 25.9. The maximum atomic E-state index is 10.9. The fraction of sp³-hybridized carbons (Fsp3) is 0.400. The minimum absolute atomic E-state index is 0.322. The van der Waals surface area contributed by atoms with Gasteiger partial charge >= 0.3 is 0 Å². The highest BCUT2D eigenvalue weighted by atomic mass is 32.2. The molecule has 0 saturated heterocycles. The third kappa shape index (κ3) is 3.17. The van der Waals surface area contributed by atoms with Gasteiger partial charge in [-0.3, -0.25) is 0 Å². The van der Waals surface area contributed by atoms with Gasteiger partial charge in [0.1, 0.15) is 12.1 Å². The van der Waals surface area contributed by atoms with Crippen LogP contribution in [0.15, 0.2) is 18.5 Å². The summed E-state index contributed by atoms with van der Waals surface area (Å²) in [6, 6.07) is 3.86. The van der Waals surface area contributed by atoms with Gasteiger partial charge in [-0.15, -0.1) is 0 Å².